The maximum absolute atomic E-state index is 11.7. The third-order valence-electron chi connectivity index (χ3n) is 3.82. The molecule has 23 heavy (non-hydrogen) atoms. The molecule has 2 aromatic carbocycles. The average Bonchev–Trinajstić information content (AvgIpc) is 2.93. The predicted molar refractivity (Wildman–Crippen MR) is 84.9 cm³/mol. The van der Waals surface area contributed by atoms with Crippen molar-refractivity contribution in [2.24, 2.45) is 0 Å². The Bertz CT molecular complexity index is 747. The second-order valence-electron chi connectivity index (χ2n) is 5.24. The fraction of sp³-hybridized carbons (Fsp3) is 0.167. The summed E-state index contributed by atoms with van der Waals surface area (Å²) in [6.45, 7) is 0. The molecular formula is C18H15NO4. The number of ether oxygens (including phenoxy) is 1. The molecule has 1 heterocycles. The number of methoxy groups -OCH3 is 1. The van der Waals surface area contributed by atoms with Gasteiger partial charge in [-0.1, -0.05) is 24.3 Å². The van der Waals surface area contributed by atoms with Gasteiger partial charge in [-0.2, -0.15) is 0 Å². The number of carbonyl (C=O) groups excluding carboxylic acids is 3. The van der Waals surface area contributed by atoms with Crippen molar-refractivity contribution < 1.29 is 19.1 Å². The van der Waals surface area contributed by atoms with Crippen molar-refractivity contribution in [2.75, 3.05) is 12.0 Å². The number of benzene rings is 2. The molecule has 3 rings (SSSR count). The number of rotatable bonds is 3. The topological polar surface area (TPSA) is 63.7 Å². The van der Waals surface area contributed by atoms with E-state index in [-0.39, 0.29) is 30.6 Å². The second kappa shape index (κ2) is 6.04. The van der Waals surface area contributed by atoms with Gasteiger partial charge in [0.25, 0.3) is 0 Å². The lowest BCUT2D eigenvalue weighted by molar-refractivity contribution is -0.121. The number of hydrogen-bond acceptors (Lipinski definition) is 4. The van der Waals surface area contributed by atoms with Crippen molar-refractivity contribution >= 4 is 23.5 Å². The van der Waals surface area contributed by atoms with Crippen LogP contribution in [0.2, 0.25) is 0 Å². The molecule has 0 aromatic heterocycles. The van der Waals surface area contributed by atoms with Gasteiger partial charge in [-0.25, -0.2) is 4.79 Å². The van der Waals surface area contributed by atoms with E-state index in [0.717, 1.165) is 11.1 Å². The van der Waals surface area contributed by atoms with E-state index < -0.39 is 0 Å². The first-order chi connectivity index (χ1) is 11.1. The Labute approximate surface area is 133 Å². The summed E-state index contributed by atoms with van der Waals surface area (Å²) in [6.07, 6.45) is 0.547. The van der Waals surface area contributed by atoms with Gasteiger partial charge in [0.15, 0.2) is 0 Å². The van der Waals surface area contributed by atoms with Gasteiger partial charge in [0.05, 0.1) is 18.4 Å². The SMILES string of the molecule is COC(=O)c1ccc(-c2ccc(N3C(=O)CCC3=O)cc2)cc1. The molecule has 0 radical (unpaired) electrons. The number of hydrogen-bond donors (Lipinski definition) is 0. The minimum Gasteiger partial charge on any atom is -0.465 e. The van der Waals surface area contributed by atoms with Gasteiger partial charge in [-0.05, 0) is 35.4 Å². The first kappa shape index (κ1) is 15.0. The Morgan fingerprint density at radius 3 is 1.83 bits per heavy atom. The van der Waals surface area contributed by atoms with E-state index in [1.807, 2.05) is 24.3 Å². The molecule has 1 aliphatic heterocycles. The summed E-state index contributed by atoms with van der Waals surface area (Å²) >= 11 is 0. The summed E-state index contributed by atoms with van der Waals surface area (Å²) < 4.78 is 4.67. The standard InChI is InChI=1S/C18H15NO4/c1-23-18(22)14-4-2-12(3-5-14)13-6-8-15(9-7-13)19-16(20)10-11-17(19)21/h2-9H,10-11H2,1H3. The van der Waals surface area contributed by atoms with Crippen molar-refractivity contribution in [1.29, 1.82) is 0 Å². The van der Waals surface area contributed by atoms with E-state index in [1.54, 1.807) is 24.3 Å². The van der Waals surface area contributed by atoms with Crippen LogP contribution >= 0.6 is 0 Å². The molecule has 0 N–H and O–H groups in total. The maximum Gasteiger partial charge on any atom is 0.337 e. The van der Waals surface area contributed by atoms with Gasteiger partial charge in [-0.3, -0.25) is 14.5 Å². The van der Waals surface area contributed by atoms with E-state index >= 15 is 0 Å². The van der Waals surface area contributed by atoms with Crippen LogP contribution in [0.5, 0.6) is 0 Å². The highest BCUT2D eigenvalue weighted by molar-refractivity contribution is 6.19. The third kappa shape index (κ3) is 2.85. The highest BCUT2D eigenvalue weighted by atomic mass is 16.5. The lowest BCUT2D eigenvalue weighted by atomic mass is 10.0. The number of nitrogens with zero attached hydrogens (tertiary/aromatic N) is 1. The molecule has 0 saturated carbocycles. The molecule has 2 amide bonds. The lowest BCUT2D eigenvalue weighted by Gasteiger charge is -2.14. The lowest BCUT2D eigenvalue weighted by Crippen LogP contribution is -2.28. The largest absolute Gasteiger partial charge is 0.465 e. The maximum atomic E-state index is 11.7. The molecule has 1 fully saturated rings. The first-order valence-electron chi connectivity index (χ1n) is 7.25. The molecule has 1 aliphatic rings. The van der Waals surface area contributed by atoms with Crippen molar-refractivity contribution in [3.05, 3.63) is 54.1 Å². The van der Waals surface area contributed by atoms with E-state index in [4.69, 9.17) is 0 Å². The van der Waals surface area contributed by atoms with Crippen molar-refractivity contribution in [3.63, 3.8) is 0 Å². The van der Waals surface area contributed by atoms with Crippen LogP contribution < -0.4 is 4.90 Å². The van der Waals surface area contributed by atoms with Gasteiger partial charge in [-0.15, -0.1) is 0 Å². The van der Waals surface area contributed by atoms with Crippen LogP contribution in [0.3, 0.4) is 0 Å². The molecule has 0 aliphatic carbocycles. The number of esters is 1. The normalized spacial score (nSPS) is 14.2. The van der Waals surface area contributed by atoms with Crippen LogP contribution in [-0.2, 0) is 14.3 Å². The Kier molecular flexibility index (Phi) is 3.93. The van der Waals surface area contributed by atoms with Gasteiger partial charge in [0.1, 0.15) is 0 Å². The summed E-state index contributed by atoms with van der Waals surface area (Å²) in [6, 6.07) is 14.3. The van der Waals surface area contributed by atoms with E-state index in [9.17, 15) is 14.4 Å². The number of carbonyl (C=O) groups is 3. The van der Waals surface area contributed by atoms with E-state index in [1.165, 1.54) is 12.0 Å². The van der Waals surface area contributed by atoms with Gasteiger partial charge >= 0.3 is 5.97 Å². The van der Waals surface area contributed by atoms with Crippen molar-refractivity contribution in [3.8, 4) is 11.1 Å². The van der Waals surface area contributed by atoms with Crippen molar-refractivity contribution in [1.82, 2.24) is 0 Å². The quantitative estimate of drug-likeness (QED) is 0.646. The molecule has 1 saturated heterocycles. The van der Waals surface area contributed by atoms with Crippen LogP contribution in [0.1, 0.15) is 23.2 Å². The molecule has 0 bridgehead atoms. The minimum atomic E-state index is -0.377. The van der Waals surface area contributed by atoms with Crippen LogP contribution in [0, 0.1) is 0 Å². The summed E-state index contributed by atoms with van der Waals surface area (Å²) in [5.41, 5.74) is 2.95. The van der Waals surface area contributed by atoms with E-state index in [0.29, 0.717) is 11.3 Å². The summed E-state index contributed by atoms with van der Waals surface area (Å²) in [4.78, 5) is 36.1. The van der Waals surface area contributed by atoms with Gasteiger partial charge in [0, 0.05) is 12.8 Å². The highest BCUT2D eigenvalue weighted by Crippen LogP contribution is 2.26. The first-order valence-corrected chi connectivity index (χ1v) is 7.25. The Balaban J connectivity index is 1.83. The molecule has 0 unspecified atom stereocenters. The fourth-order valence-corrected chi connectivity index (χ4v) is 2.58. The van der Waals surface area contributed by atoms with Crippen LogP contribution in [0.4, 0.5) is 5.69 Å². The zero-order valence-corrected chi connectivity index (χ0v) is 12.6. The molecule has 116 valence electrons. The summed E-state index contributed by atoms with van der Waals surface area (Å²) in [7, 11) is 1.34. The van der Waals surface area contributed by atoms with Crippen LogP contribution in [-0.4, -0.2) is 24.9 Å². The molecular weight excluding hydrogens is 294 g/mol. The monoisotopic (exact) mass is 309 g/mol. The zero-order chi connectivity index (χ0) is 16.4. The third-order valence-corrected chi connectivity index (χ3v) is 3.82. The number of anilines is 1. The molecule has 0 spiro atoms. The summed E-state index contributed by atoms with van der Waals surface area (Å²) in [5.74, 6) is -0.701. The fourth-order valence-electron chi connectivity index (χ4n) is 2.58. The smallest absolute Gasteiger partial charge is 0.337 e. The Hall–Kier alpha value is -2.95. The molecule has 0 atom stereocenters. The van der Waals surface area contributed by atoms with Gasteiger partial charge < -0.3 is 4.74 Å². The predicted octanol–water partition coefficient (Wildman–Crippen LogP) is 2.79. The van der Waals surface area contributed by atoms with E-state index in [2.05, 4.69) is 4.74 Å². The zero-order valence-electron chi connectivity index (χ0n) is 12.6. The molecule has 5 nitrogen and oxygen atoms in total. The highest BCUT2D eigenvalue weighted by Gasteiger charge is 2.30. The number of imide groups is 1. The average molecular weight is 309 g/mol. The van der Waals surface area contributed by atoms with Crippen LogP contribution in [0.15, 0.2) is 48.5 Å². The van der Waals surface area contributed by atoms with Gasteiger partial charge in [0.2, 0.25) is 11.8 Å². The summed E-state index contributed by atoms with van der Waals surface area (Å²) in [5, 5.41) is 0. The molecule has 5 heteroatoms. The van der Waals surface area contributed by atoms with Crippen molar-refractivity contribution in [2.45, 2.75) is 12.8 Å². The Morgan fingerprint density at radius 2 is 1.35 bits per heavy atom. The number of amides is 2. The Morgan fingerprint density at radius 1 is 0.870 bits per heavy atom. The second-order valence-corrected chi connectivity index (χ2v) is 5.24. The van der Waals surface area contributed by atoms with Crippen LogP contribution in [0.25, 0.3) is 11.1 Å². The molecule has 2 aromatic rings. The minimum absolute atomic E-state index is 0.162.